The van der Waals surface area contributed by atoms with Crippen molar-refractivity contribution in [1.29, 1.82) is 0 Å². The van der Waals surface area contributed by atoms with Crippen LogP contribution in [-0.2, 0) is 7.05 Å². The molecule has 0 bridgehead atoms. The summed E-state index contributed by atoms with van der Waals surface area (Å²) in [4.78, 5) is 4.32. The summed E-state index contributed by atoms with van der Waals surface area (Å²) in [5, 5.41) is 9.87. The summed E-state index contributed by atoms with van der Waals surface area (Å²) in [6, 6.07) is 2.03. The topological polar surface area (TPSA) is 43.6 Å². The number of rotatable bonds is 2. The second kappa shape index (κ2) is 4.55. The Morgan fingerprint density at radius 1 is 1.31 bits per heavy atom. The van der Waals surface area contributed by atoms with Gasteiger partial charge in [-0.25, -0.2) is 4.98 Å². The van der Waals surface area contributed by atoms with Gasteiger partial charge in [-0.2, -0.15) is 0 Å². The molecular weight excluding hydrogens is 288 g/mol. The van der Waals surface area contributed by atoms with Gasteiger partial charge in [0, 0.05) is 17.7 Å². The normalized spacial score (nSPS) is 10.8. The molecule has 84 valence electrons. The molecule has 0 atom stereocenters. The summed E-state index contributed by atoms with van der Waals surface area (Å²) >= 11 is 4.94. The van der Waals surface area contributed by atoms with Gasteiger partial charge in [-0.15, -0.1) is 10.2 Å². The van der Waals surface area contributed by atoms with Crippen LogP contribution in [0.3, 0.4) is 0 Å². The second-order valence-electron chi connectivity index (χ2n) is 3.46. The number of hydrogen-bond acceptors (Lipinski definition) is 4. The maximum absolute atomic E-state index is 4.32. The van der Waals surface area contributed by atoms with E-state index in [0.717, 1.165) is 26.0 Å². The Kier molecular flexibility index (Phi) is 3.30. The van der Waals surface area contributed by atoms with Gasteiger partial charge in [0.05, 0.1) is 0 Å². The highest BCUT2D eigenvalue weighted by Gasteiger charge is 2.08. The van der Waals surface area contributed by atoms with E-state index in [1.54, 1.807) is 6.20 Å². The molecule has 16 heavy (non-hydrogen) atoms. The highest BCUT2D eigenvalue weighted by molar-refractivity contribution is 9.10. The molecule has 0 radical (unpaired) electrons. The van der Waals surface area contributed by atoms with Gasteiger partial charge in [-0.1, -0.05) is 0 Å². The highest BCUT2D eigenvalue weighted by atomic mass is 79.9. The minimum atomic E-state index is 0.853. The van der Waals surface area contributed by atoms with Gasteiger partial charge >= 0.3 is 0 Å². The van der Waals surface area contributed by atoms with Crippen molar-refractivity contribution in [3.05, 3.63) is 28.1 Å². The Labute approximate surface area is 107 Å². The van der Waals surface area contributed by atoms with E-state index in [2.05, 4.69) is 31.1 Å². The zero-order valence-corrected chi connectivity index (χ0v) is 11.6. The van der Waals surface area contributed by atoms with Crippen molar-refractivity contribution in [3.8, 4) is 0 Å². The van der Waals surface area contributed by atoms with Gasteiger partial charge in [-0.3, -0.25) is 0 Å². The lowest BCUT2D eigenvalue weighted by atomic mass is 10.3. The average Bonchev–Trinajstić information content (AvgIpc) is 2.55. The third-order valence-corrected chi connectivity index (χ3v) is 4.07. The van der Waals surface area contributed by atoms with E-state index in [4.69, 9.17) is 0 Å². The lowest BCUT2D eigenvalue weighted by molar-refractivity contribution is 0.764. The number of pyridine rings is 1. The zero-order valence-electron chi connectivity index (χ0n) is 9.23. The van der Waals surface area contributed by atoms with Crippen LogP contribution in [0.4, 0.5) is 0 Å². The van der Waals surface area contributed by atoms with Gasteiger partial charge in [0.15, 0.2) is 5.16 Å². The predicted molar refractivity (Wildman–Crippen MR) is 66.5 cm³/mol. The van der Waals surface area contributed by atoms with E-state index in [9.17, 15) is 0 Å². The van der Waals surface area contributed by atoms with Gasteiger partial charge in [-0.05, 0) is 53.2 Å². The molecule has 2 aromatic heterocycles. The minimum absolute atomic E-state index is 0.853. The fourth-order valence-electron chi connectivity index (χ4n) is 1.14. The Bertz CT molecular complexity index is 524. The first-order valence-electron chi connectivity index (χ1n) is 4.74. The maximum Gasteiger partial charge on any atom is 0.197 e. The van der Waals surface area contributed by atoms with E-state index in [1.807, 2.05) is 31.5 Å². The molecule has 0 aromatic carbocycles. The van der Waals surface area contributed by atoms with Crippen LogP contribution in [0.5, 0.6) is 0 Å². The summed E-state index contributed by atoms with van der Waals surface area (Å²) in [5.41, 5.74) is 1.16. The van der Waals surface area contributed by atoms with Gasteiger partial charge in [0.2, 0.25) is 0 Å². The summed E-state index contributed by atoms with van der Waals surface area (Å²) < 4.78 is 2.97. The molecule has 2 aromatic rings. The molecule has 0 unspecified atom stereocenters. The molecule has 0 aliphatic rings. The van der Waals surface area contributed by atoms with E-state index in [0.29, 0.717) is 0 Å². The van der Waals surface area contributed by atoms with Crippen LogP contribution in [-0.4, -0.2) is 19.7 Å². The van der Waals surface area contributed by atoms with Crippen LogP contribution in [0.1, 0.15) is 11.4 Å². The standard InChI is InChI=1S/C10H11BrN4S/c1-6-4-9(12-5-8(6)11)16-10-14-13-7(2)15(10)3/h4-5H,1-3H3. The molecular formula is C10H11BrN4S. The van der Waals surface area contributed by atoms with Crippen LogP contribution in [0, 0.1) is 13.8 Å². The molecule has 0 aliphatic heterocycles. The number of aromatic nitrogens is 4. The quantitative estimate of drug-likeness (QED) is 0.855. The predicted octanol–water partition coefficient (Wildman–Crippen LogP) is 2.74. The van der Waals surface area contributed by atoms with Crippen LogP contribution < -0.4 is 0 Å². The molecule has 0 saturated carbocycles. The Morgan fingerprint density at radius 3 is 2.62 bits per heavy atom. The fourth-order valence-corrected chi connectivity index (χ4v) is 2.24. The van der Waals surface area contributed by atoms with E-state index < -0.39 is 0 Å². The smallest absolute Gasteiger partial charge is 0.197 e. The third kappa shape index (κ3) is 2.27. The Hall–Kier alpha value is -0.880. The lowest BCUT2D eigenvalue weighted by Crippen LogP contribution is -1.94. The fraction of sp³-hybridized carbons (Fsp3) is 0.300. The summed E-state index contributed by atoms with van der Waals surface area (Å²) in [6.45, 7) is 3.97. The molecule has 4 nitrogen and oxygen atoms in total. The van der Waals surface area contributed by atoms with Crippen LogP contribution in [0.15, 0.2) is 26.9 Å². The number of hydrogen-bond donors (Lipinski definition) is 0. The van der Waals surface area contributed by atoms with Crippen molar-refractivity contribution in [2.75, 3.05) is 0 Å². The third-order valence-electron chi connectivity index (χ3n) is 2.27. The summed E-state index contributed by atoms with van der Waals surface area (Å²) in [7, 11) is 1.95. The van der Waals surface area contributed by atoms with Crippen molar-refractivity contribution in [2.24, 2.45) is 7.05 Å². The Morgan fingerprint density at radius 2 is 2.06 bits per heavy atom. The van der Waals surface area contributed by atoms with Crippen LogP contribution in [0.2, 0.25) is 0 Å². The van der Waals surface area contributed by atoms with Gasteiger partial charge in [0.1, 0.15) is 10.9 Å². The van der Waals surface area contributed by atoms with E-state index >= 15 is 0 Å². The maximum atomic E-state index is 4.32. The van der Waals surface area contributed by atoms with Crippen LogP contribution in [0.25, 0.3) is 0 Å². The summed E-state index contributed by atoms with van der Waals surface area (Å²) in [5.74, 6) is 0.899. The first-order chi connectivity index (χ1) is 7.58. The first kappa shape index (κ1) is 11.6. The highest BCUT2D eigenvalue weighted by Crippen LogP contribution is 2.26. The molecule has 0 spiro atoms. The SMILES string of the molecule is Cc1cc(Sc2nnc(C)n2C)ncc1Br. The molecule has 0 amide bonds. The van der Waals surface area contributed by atoms with E-state index in [-0.39, 0.29) is 0 Å². The average molecular weight is 299 g/mol. The van der Waals surface area contributed by atoms with Crippen molar-refractivity contribution in [2.45, 2.75) is 24.0 Å². The largest absolute Gasteiger partial charge is 0.309 e. The molecule has 0 saturated heterocycles. The van der Waals surface area contributed by atoms with Crippen molar-refractivity contribution >= 4 is 27.7 Å². The second-order valence-corrected chi connectivity index (χ2v) is 5.30. The number of halogens is 1. The summed E-state index contributed by atoms with van der Waals surface area (Å²) in [6.07, 6.45) is 1.81. The molecule has 2 rings (SSSR count). The van der Waals surface area contributed by atoms with Crippen molar-refractivity contribution in [1.82, 2.24) is 19.7 Å². The molecule has 0 aliphatic carbocycles. The molecule has 6 heteroatoms. The number of aryl methyl sites for hydroxylation is 2. The molecule has 2 heterocycles. The first-order valence-corrected chi connectivity index (χ1v) is 6.35. The van der Waals surface area contributed by atoms with Crippen LogP contribution >= 0.6 is 27.7 Å². The van der Waals surface area contributed by atoms with Crippen molar-refractivity contribution in [3.63, 3.8) is 0 Å². The lowest BCUT2D eigenvalue weighted by Gasteiger charge is -2.02. The monoisotopic (exact) mass is 298 g/mol. The Balaban J connectivity index is 2.27. The zero-order chi connectivity index (χ0) is 11.7. The number of nitrogens with zero attached hydrogens (tertiary/aromatic N) is 4. The van der Waals surface area contributed by atoms with E-state index in [1.165, 1.54) is 11.8 Å². The van der Waals surface area contributed by atoms with Gasteiger partial charge < -0.3 is 4.57 Å². The minimum Gasteiger partial charge on any atom is -0.309 e. The molecule has 0 N–H and O–H groups in total. The van der Waals surface area contributed by atoms with Gasteiger partial charge in [0.25, 0.3) is 0 Å². The molecule has 0 fully saturated rings. The van der Waals surface area contributed by atoms with Crippen molar-refractivity contribution < 1.29 is 0 Å².